The monoisotopic (exact) mass is 328 g/mol. The first-order chi connectivity index (χ1) is 11.0. The van der Waals surface area contributed by atoms with Crippen LogP contribution in [0.25, 0.3) is 0 Å². The summed E-state index contributed by atoms with van der Waals surface area (Å²) in [7, 11) is 0. The minimum absolute atomic E-state index is 0.184. The highest BCUT2D eigenvalue weighted by atomic mass is 32.1. The molecule has 0 aliphatic carbocycles. The molecular weight excluding hydrogens is 307 g/mol. The number of thiocarbonyl (C=S) groups is 1. The van der Waals surface area contributed by atoms with E-state index in [0.717, 1.165) is 24.1 Å². The normalized spacial score (nSPS) is 16.8. The van der Waals surface area contributed by atoms with E-state index >= 15 is 0 Å². The van der Waals surface area contributed by atoms with Crippen LogP contribution in [0.5, 0.6) is 0 Å². The van der Waals surface area contributed by atoms with Gasteiger partial charge in [-0.15, -0.1) is 0 Å². The molecule has 23 heavy (non-hydrogen) atoms. The number of halogens is 1. The van der Waals surface area contributed by atoms with Crippen LogP contribution in [0.4, 0.5) is 10.1 Å². The van der Waals surface area contributed by atoms with Gasteiger partial charge in [0.1, 0.15) is 5.82 Å². The van der Waals surface area contributed by atoms with Crippen molar-refractivity contribution in [2.75, 3.05) is 4.90 Å². The molecule has 4 heteroatoms. The Bertz CT molecular complexity index is 712. The molecule has 1 N–H and O–H groups in total. The van der Waals surface area contributed by atoms with Crippen LogP contribution in [0.15, 0.2) is 42.5 Å². The second-order valence-corrected chi connectivity index (χ2v) is 6.56. The quantitative estimate of drug-likeness (QED) is 0.825. The van der Waals surface area contributed by atoms with Gasteiger partial charge in [0.15, 0.2) is 5.11 Å². The highest BCUT2D eigenvalue weighted by Gasteiger charge is 2.26. The smallest absolute Gasteiger partial charge is 0.173 e. The van der Waals surface area contributed by atoms with E-state index in [1.54, 1.807) is 6.07 Å². The molecule has 1 aliphatic heterocycles. The van der Waals surface area contributed by atoms with Crippen LogP contribution in [-0.4, -0.2) is 11.2 Å². The third-order valence-electron chi connectivity index (χ3n) is 4.36. The fourth-order valence-corrected chi connectivity index (χ4v) is 3.35. The largest absolute Gasteiger partial charge is 0.358 e. The molecule has 0 saturated carbocycles. The molecule has 1 atom stereocenters. The van der Waals surface area contributed by atoms with Gasteiger partial charge in [0, 0.05) is 18.3 Å². The molecule has 0 aromatic heterocycles. The number of hydrogen-bond donors (Lipinski definition) is 1. The average molecular weight is 328 g/mol. The number of nitrogens with zero attached hydrogens (tertiary/aromatic N) is 1. The van der Waals surface area contributed by atoms with E-state index in [4.69, 9.17) is 12.2 Å². The van der Waals surface area contributed by atoms with Crippen LogP contribution in [-0.2, 0) is 13.0 Å². The number of anilines is 1. The zero-order valence-corrected chi connectivity index (χ0v) is 14.3. The molecule has 2 nitrogen and oxygen atoms in total. The van der Waals surface area contributed by atoms with Crippen molar-refractivity contribution in [2.24, 2.45) is 0 Å². The maximum absolute atomic E-state index is 13.5. The third-order valence-corrected chi connectivity index (χ3v) is 4.70. The van der Waals surface area contributed by atoms with Gasteiger partial charge in [-0.3, -0.25) is 0 Å². The lowest BCUT2D eigenvalue weighted by atomic mass is 9.97. The van der Waals surface area contributed by atoms with Crippen molar-refractivity contribution in [1.29, 1.82) is 0 Å². The Morgan fingerprint density at radius 2 is 2.00 bits per heavy atom. The van der Waals surface area contributed by atoms with E-state index in [-0.39, 0.29) is 5.82 Å². The molecule has 0 bridgehead atoms. The molecule has 0 radical (unpaired) electrons. The van der Waals surface area contributed by atoms with Crippen LogP contribution in [0.1, 0.15) is 30.0 Å². The zero-order chi connectivity index (χ0) is 16.4. The fourth-order valence-electron chi connectivity index (χ4n) is 3.00. The van der Waals surface area contributed by atoms with Gasteiger partial charge in [-0.1, -0.05) is 29.8 Å². The van der Waals surface area contributed by atoms with Gasteiger partial charge in [-0.25, -0.2) is 4.39 Å². The van der Waals surface area contributed by atoms with E-state index in [0.29, 0.717) is 17.7 Å². The molecule has 0 fully saturated rings. The minimum Gasteiger partial charge on any atom is -0.358 e. The summed E-state index contributed by atoms with van der Waals surface area (Å²) in [5, 5.41) is 4.04. The van der Waals surface area contributed by atoms with Gasteiger partial charge in [0.05, 0.1) is 0 Å². The second-order valence-electron chi connectivity index (χ2n) is 6.18. The topological polar surface area (TPSA) is 15.3 Å². The Kier molecular flexibility index (Phi) is 4.62. The number of fused-ring (bicyclic) bond motifs is 1. The van der Waals surface area contributed by atoms with Crippen molar-refractivity contribution in [2.45, 2.75) is 39.3 Å². The van der Waals surface area contributed by atoms with Gasteiger partial charge >= 0.3 is 0 Å². The summed E-state index contributed by atoms with van der Waals surface area (Å²) in [6, 6.07) is 13.7. The Labute approximate surface area is 142 Å². The minimum atomic E-state index is -0.184. The first kappa shape index (κ1) is 15.9. The lowest BCUT2D eigenvalue weighted by Crippen LogP contribution is -2.47. The highest BCUT2D eigenvalue weighted by Crippen LogP contribution is 2.31. The molecular formula is C19H21FN2S. The summed E-state index contributed by atoms with van der Waals surface area (Å²) in [6.45, 7) is 4.93. The van der Waals surface area contributed by atoms with Crippen molar-refractivity contribution in [3.8, 4) is 0 Å². The van der Waals surface area contributed by atoms with E-state index in [9.17, 15) is 4.39 Å². The lowest BCUT2D eigenvalue weighted by Gasteiger charge is -2.37. The van der Waals surface area contributed by atoms with Crippen LogP contribution in [0, 0.1) is 12.7 Å². The molecule has 0 saturated heterocycles. The predicted octanol–water partition coefficient (Wildman–Crippen LogP) is 4.35. The van der Waals surface area contributed by atoms with Crippen LogP contribution in [0.3, 0.4) is 0 Å². The Morgan fingerprint density at radius 3 is 2.74 bits per heavy atom. The Hall–Kier alpha value is -1.94. The van der Waals surface area contributed by atoms with Gasteiger partial charge in [-0.2, -0.15) is 0 Å². The summed E-state index contributed by atoms with van der Waals surface area (Å²) in [5.74, 6) is -0.184. The summed E-state index contributed by atoms with van der Waals surface area (Å²) in [5.41, 5.74) is 4.49. The molecule has 1 heterocycles. The number of aryl methyl sites for hydroxylation is 2. The zero-order valence-electron chi connectivity index (χ0n) is 13.5. The maximum atomic E-state index is 13.5. The standard InChI is InChI=1S/C19H21FN2S/c1-13-3-6-15(7-4-13)12-21-19(23)22-14(2)5-8-16-11-17(20)9-10-18(16)22/h3-4,6-7,9-11,14H,5,8,12H2,1-2H3,(H,21,23)/t14-/m1/s1. The molecule has 1 aliphatic rings. The molecule has 0 spiro atoms. The van der Waals surface area contributed by atoms with E-state index in [1.807, 2.05) is 6.07 Å². The fraction of sp³-hybridized carbons (Fsp3) is 0.316. The molecule has 0 amide bonds. The van der Waals surface area contributed by atoms with Gasteiger partial charge in [0.2, 0.25) is 0 Å². The van der Waals surface area contributed by atoms with Gasteiger partial charge < -0.3 is 10.2 Å². The number of benzene rings is 2. The summed E-state index contributed by atoms with van der Waals surface area (Å²) < 4.78 is 13.5. The van der Waals surface area contributed by atoms with Gasteiger partial charge in [0.25, 0.3) is 0 Å². The van der Waals surface area contributed by atoms with E-state index in [1.165, 1.54) is 17.2 Å². The SMILES string of the molecule is Cc1ccc(CNC(=S)N2c3ccc(F)cc3CC[C@H]2C)cc1. The first-order valence-corrected chi connectivity index (χ1v) is 8.36. The Morgan fingerprint density at radius 1 is 1.26 bits per heavy atom. The Balaban J connectivity index is 1.75. The lowest BCUT2D eigenvalue weighted by molar-refractivity contribution is 0.600. The predicted molar refractivity (Wildman–Crippen MR) is 97.3 cm³/mol. The number of hydrogen-bond acceptors (Lipinski definition) is 1. The van der Waals surface area contributed by atoms with Crippen molar-refractivity contribution in [3.05, 3.63) is 65.0 Å². The van der Waals surface area contributed by atoms with Crippen LogP contribution < -0.4 is 10.2 Å². The maximum Gasteiger partial charge on any atom is 0.173 e. The van der Waals surface area contributed by atoms with Crippen molar-refractivity contribution in [3.63, 3.8) is 0 Å². The van der Waals surface area contributed by atoms with E-state index in [2.05, 4.69) is 48.3 Å². The van der Waals surface area contributed by atoms with Crippen molar-refractivity contribution < 1.29 is 4.39 Å². The third kappa shape index (κ3) is 3.53. The van der Waals surface area contributed by atoms with Crippen LogP contribution in [0.2, 0.25) is 0 Å². The van der Waals surface area contributed by atoms with Crippen molar-refractivity contribution in [1.82, 2.24) is 5.32 Å². The first-order valence-electron chi connectivity index (χ1n) is 7.95. The van der Waals surface area contributed by atoms with Crippen molar-refractivity contribution >= 4 is 23.0 Å². The molecule has 2 aromatic carbocycles. The van der Waals surface area contributed by atoms with Crippen LogP contribution >= 0.6 is 12.2 Å². The highest BCUT2D eigenvalue weighted by molar-refractivity contribution is 7.80. The molecule has 3 rings (SSSR count). The van der Waals surface area contributed by atoms with Gasteiger partial charge in [-0.05, 0) is 68.2 Å². The number of nitrogens with one attached hydrogen (secondary N) is 1. The second kappa shape index (κ2) is 6.67. The molecule has 0 unspecified atom stereocenters. The molecule has 2 aromatic rings. The molecule has 120 valence electrons. The summed E-state index contributed by atoms with van der Waals surface area (Å²) >= 11 is 5.61. The van der Waals surface area contributed by atoms with E-state index < -0.39 is 0 Å². The number of rotatable bonds is 2. The summed E-state index contributed by atoms with van der Waals surface area (Å²) in [4.78, 5) is 2.11. The summed E-state index contributed by atoms with van der Waals surface area (Å²) in [6.07, 6.45) is 1.87. The average Bonchev–Trinajstić information content (AvgIpc) is 2.54.